The number of hydrogen-bond acceptors (Lipinski definition) is 3. The van der Waals surface area contributed by atoms with Gasteiger partial charge in [-0.1, -0.05) is 37.3 Å². The molecule has 5 nitrogen and oxygen atoms in total. The lowest BCUT2D eigenvalue weighted by atomic mass is 10.2. The first-order valence-electron chi connectivity index (χ1n) is 4.24. The Kier molecular flexibility index (Phi) is 8.58. The molecular formula is C8H14O5P2. The van der Waals surface area contributed by atoms with Gasteiger partial charge in [0.2, 0.25) is 0 Å². The SMILES string of the molecule is CCc1ccccc1.O=[PH](O)O[PH](=O)O. The predicted octanol–water partition coefficient (Wildman–Crippen LogP) is 2.02. The lowest BCUT2D eigenvalue weighted by Gasteiger charge is -1.89. The molecule has 2 N–H and O–H groups in total. The van der Waals surface area contributed by atoms with Crippen LogP contribution in [0.5, 0.6) is 0 Å². The number of benzene rings is 1. The fraction of sp³-hybridized carbons (Fsp3) is 0.250. The largest absolute Gasteiger partial charge is 0.326 e. The summed E-state index contributed by atoms with van der Waals surface area (Å²) in [6, 6.07) is 10.5. The average Bonchev–Trinajstić information content (AvgIpc) is 2.18. The molecule has 86 valence electrons. The lowest BCUT2D eigenvalue weighted by molar-refractivity contribution is 0.371. The van der Waals surface area contributed by atoms with Gasteiger partial charge in [-0.05, 0) is 12.0 Å². The highest BCUT2D eigenvalue weighted by Gasteiger charge is 1.93. The molecular weight excluding hydrogens is 238 g/mol. The van der Waals surface area contributed by atoms with E-state index in [1.807, 2.05) is 6.07 Å². The van der Waals surface area contributed by atoms with Crippen LogP contribution in [0.4, 0.5) is 0 Å². The first-order valence-corrected chi connectivity index (χ1v) is 6.76. The Morgan fingerprint density at radius 2 is 1.60 bits per heavy atom. The van der Waals surface area contributed by atoms with Crippen molar-refractivity contribution in [3.63, 3.8) is 0 Å². The second-order valence-electron chi connectivity index (χ2n) is 2.47. The van der Waals surface area contributed by atoms with E-state index in [2.05, 4.69) is 35.5 Å². The number of rotatable bonds is 3. The minimum atomic E-state index is -3.20. The Bertz CT molecular complexity index is 302. The van der Waals surface area contributed by atoms with E-state index in [0.717, 1.165) is 6.42 Å². The molecule has 1 aromatic carbocycles. The molecule has 0 amide bonds. The Hall–Kier alpha value is -0.440. The topological polar surface area (TPSA) is 83.8 Å². The third-order valence-electron chi connectivity index (χ3n) is 1.43. The van der Waals surface area contributed by atoms with Crippen molar-refractivity contribution < 1.29 is 23.2 Å². The maximum Gasteiger partial charge on any atom is 0.323 e. The molecule has 2 unspecified atom stereocenters. The van der Waals surface area contributed by atoms with Crippen LogP contribution in [0.2, 0.25) is 0 Å². The molecule has 0 spiro atoms. The molecule has 1 aromatic rings. The second-order valence-corrected chi connectivity index (χ2v) is 4.35. The van der Waals surface area contributed by atoms with Crippen molar-refractivity contribution in [2.45, 2.75) is 13.3 Å². The second kappa shape index (κ2) is 8.84. The molecule has 0 saturated heterocycles. The third kappa shape index (κ3) is 9.85. The smallest absolute Gasteiger partial charge is 0.323 e. The first kappa shape index (κ1) is 14.6. The number of aryl methyl sites for hydroxylation is 1. The van der Waals surface area contributed by atoms with Gasteiger partial charge in [-0.2, -0.15) is 0 Å². The van der Waals surface area contributed by atoms with Gasteiger partial charge in [-0.3, -0.25) is 9.13 Å². The van der Waals surface area contributed by atoms with Crippen LogP contribution in [0.25, 0.3) is 0 Å². The quantitative estimate of drug-likeness (QED) is 0.804. The van der Waals surface area contributed by atoms with Crippen molar-refractivity contribution in [1.29, 1.82) is 0 Å². The molecule has 7 heteroatoms. The highest BCUT2D eigenvalue weighted by atomic mass is 31.2. The molecule has 0 fully saturated rings. The van der Waals surface area contributed by atoms with Crippen LogP contribution in [0.1, 0.15) is 12.5 Å². The monoisotopic (exact) mass is 252 g/mol. The molecule has 0 bridgehead atoms. The molecule has 1 rings (SSSR count). The molecule has 2 atom stereocenters. The van der Waals surface area contributed by atoms with Gasteiger partial charge in [0, 0.05) is 0 Å². The highest BCUT2D eigenvalue weighted by molar-refractivity contribution is 7.46. The Balaban J connectivity index is 0.000000265. The first-order chi connectivity index (χ1) is 7.06. The molecule has 15 heavy (non-hydrogen) atoms. The van der Waals surface area contributed by atoms with E-state index in [4.69, 9.17) is 9.79 Å². The maximum atomic E-state index is 9.44. The van der Waals surface area contributed by atoms with E-state index in [-0.39, 0.29) is 0 Å². The van der Waals surface area contributed by atoms with Crippen molar-refractivity contribution in [2.75, 3.05) is 0 Å². The van der Waals surface area contributed by atoms with Gasteiger partial charge in [0.05, 0.1) is 0 Å². The zero-order valence-electron chi connectivity index (χ0n) is 8.21. The summed E-state index contributed by atoms with van der Waals surface area (Å²) in [5, 5.41) is 0. The van der Waals surface area contributed by atoms with Crippen molar-refractivity contribution in [1.82, 2.24) is 0 Å². The molecule has 0 radical (unpaired) electrons. The van der Waals surface area contributed by atoms with E-state index >= 15 is 0 Å². The lowest BCUT2D eigenvalue weighted by Crippen LogP contribution is -1.73. The average molecular weight is 252 g/mol. The zero-order valence-corrected chi connectivity index (χ0v) is 10.2. The van der Waals surface area contributed by atoms with E-state index in [1.165, 1.54) is 5.56 Å². The molecule has 0 heterocycles. The normalized spacial score (nSPS) is 13.5. The summed E-state index contributed by atoms with van der Waals surface area (Å²) >= 11 is 0. The van der Waals surface area contributed by atoms with Crippen molar-refractivity contribution in [3.8, 4) is 0 Å². The van der Waals surface area contributed by atoms with Crippen LogP contribution in [-0.2, 0) is 19.9 Å². The molecule has 0 aliphatic rings. The van der Waals surface area contributed by atoms with Gasteiger partial charge in [0.25, 0.3) is 0 Å². The summed E-state index contributed by atoms with van der Waals surface area (Å²) < 4.78 is 22.3. The van der Waals surface area contributed by atoms with Gasteiger partial charge in [0.15, 0.2) is 0 Å². The molecule has 0 aliphatic heterocycles. The van der Waals surface area contributed by atoms with Gasteiger partial charge in [-0.15, -0.1) is 0 Å². The summed E-state index contributed by atoms with van der Waals surface area (Å²) in [5.74, 6) is 0. The minimum absolute atomic E-state index is 1.14. The summed E-state index contributed by atoms with van der Waals surface area (Å²) in [5.41, 5.74) is 1.41. The molecule has 0 aromatic heterocycles. The fourth-order valence-electron chi connectivity index (χ4n) is 0.788. The predicted molar refractivity (Wildman–Crippen MR) is 59.3 cm³/mol. The zero-order chi connectivity index (χ0) is 11.7. The van der Waals surface area contributed by atoms with E-state index in [0.29, 0.717) is 0 Å². The summed E-state index contributed by atoms with van der Waals surface area (Å²) in [6.07, 6.45) is 1.14. The third-order valence-corrected chi connectivity index (χ3v) is 2.82. The van der Waals surface area contributed by atoms with Gasteiger partial charge < -0.3 is 9.79 Å². The van der Waals surface area contributed by atoms with E-state index < -0.39 is 16.5 Å². The van der Waals surface area contributed by atoms with Crippen LogP contribution in [0, 0.1) is 0 Å². The van der Waals surface area contributed by atoms with E-state index in [9.17, 15) is 9.13 Å². The number of hydrogen-bond donors (Lipinski definition) is 2. The minimum Gasteiger partial charge on any atom is -0.326 e. The fourth-order valence-corrected chi connectivity index (χ4v) is 1.39. The maximum absolute atomic E-state index is 9.44. The summed E-state index contributed by atoms with van der Waals surface area (Å²) in [7, 11) is -6.40. The Morgan fingerprint density at radius 1 is 1.13 bits per heavy atom. The van der Waals surface area contributed by atoms with Crippen LogP contribution >= 0.6 is 16.5 Å². The van der Waals surface area contributed by atoms with E-state index in [1.54, 1.807) is 0 Å². The van der Waals surface area contributed by atoms with Gasteiger partial charge in [-0.25, -0.2) is 4.31 Å². The molecule has 0 aliphatic carbocycles. The Labute approximate surface area is 89.6 Å². The van der Waals surface area contributed by atoms with Crippen LogP contribution in [-0.4, -0.2) is 9.79 Å². The van der Waals surface area contributed by atoms with Crippen molar-refractivity contribution in [2.24, 2.45) is 0 Å². The Morgan fingerprint density at radius 3 is 1.80 bits per heavy atom. The van der Waals surface area contributed by atoms with Crippen molar-refractivity contribution in [3.05, 3.63) is 35.9 Å². The van der Waals surface area contributed by atoms with Crippen LogP contribution in [0.15, 0.2) is 30.3 Å². The molecule has 0 saturated carbocycles. The summed E-state index contributed by atoms with van der Waals surface area (Å²) in [4.78, 5) is 15.4. The standard InChI is InChI=1S/C8H10.H4O5P2/c1-2-8-6-4-3-5-7-8;1-6(2)5-7(3)4/h3-7H,2H2,1H3;6-7H,(H,1,2)(H,3,4). The van der Waals surface area contributed by atoms with Gasteiger partial charge >= 0.3 is 16.5 Å². The highest BCUT2D eigenvalue weighted by Crippen LogP contribution is 2.30. The van der Waals surface area contributed by atoms with Gasteiger partial charge in [0.1, 0.15) is 0 Å². The van der Waals surface area contributed by atoms with Crippen molar-refractivity contribution >= 4 is 16.5 Å². The van der Waals surface area contributed by atoms with Crippen LogP contribution < -0.4 is 0 Å². The van der Waals surface area contributed by atoms with Crippen LogP contribution in [0.3, 0.4) is 0 Å². The summed E-state index contributed by atoms with van der Waals surface area (Å²) in [6.45, 7) is 2.16.